The molecule has 2 aromatic rings. The number of hydrogen-bond donors (Lipinski definition) is 0. The van der Waals surface area contributed by atoms with Crippen LogP contribution in [0.25, 0.3) is 0 Å². The summed E-state index contributed by atoms with van der Waals surface area (Å²) in [6, 6.07) is 13.6. The Morgan fingerprint density at radius 1 is 1.04 bits per heavy atom. The molecule has 3 rings (SSSR count). The summed E-state index contributed by atoms with van der Waals surface area (Å²) in [7, 11) is -0.677. The highest BCUT2D eigenvalue weighted by molar-refractivity contribution is 6.62. The van der Waals surface area contributed by atoms with Gasteiger partial charge in [-0.05, 0) is 50.9 Å². The first-order valence-corrected chi connectivity index (χ1v) is 8.56. The molecule has 136 valence electrons. The number of benzene rings is 2. The number of carbonyl (C=O) groups excluding carboxylic acids is 1. The highest BCUT2D eigenvalue weighted by Crippen LogP contribution is 2.36. The Balaban J connectivity index is 1.71. The number of esters is 1. The molecule has 0 radical (unpaired) electrons. The molecule has 0 amide bonds. The molecular weight excluding hydrogens is 334 g/mol. The summed E-state index contributed by atoms with van der Waals surface area (Å²) in [4.78, 5) is 12.2. The van der Waals surface area contributed by atoms with E-state index in [4.69, 9.17) is 14.0 Å². The third-order valence-corrected chi connectivity index (χ3v) is 4.95. The minimum absolute atomic E-state index is 0.0953. The van der Waals surface area contributed by atoms with Gasteiger partial charge in [0, 0.05) is 0 Å². The van der Waals surface area contributed by atoms with Crippen molar-refractivity contribution < 1.29 is 23.2 Å². The molecule has 0 aliphatic carbocycles. The molecule has 26 heavy (non-hydrogen) atoms. The van der Waals surface area contributed by atoms with Crippen LogP contribution in [-0.2, 0) is 20.7 Å². The van der Waals surface area contributed by atoms with E-state index in [1.807, 2.05) is 58.0 Å². The first kappa shape index (κ1) is 18.6. The van der Waals surface area contributed by atoms with Crippen LogP contribution >= 0.6 is 0 Å². The molecule has 6 heteroatoms. The topological polar surface area (TPSA) is 44.8 Å². The average molecular weight is 356 g/mol. The minimum Gasteiger partial charge on any atom is -0.457 e. The van der Waals surface area contributed by atoms with Gasteiger partial charge < -0.3 is 14.0 Å². The summed E-state index contributed by atoms with van der Waals surface area (Å²) in [6.45, 7) is 7.81. The summed E-state index contributed by atoms with van der Waals surface area (Å²) >= 11 is 0. The molecule has 4 nitrogen and oxygen atoms in total. The molecule has 1 saturated heterocycles. The lowest BCUT2D eigenvalue weighted by Crippen LogP contribution is -2.41. The SMILES string of the molecule is CC1(C)OB(c2ccc(C(=O)OCc3ccccc3)c(F)c2)OC1(C)C. The molecule has 0 saturated carbocycles. The van der Waals surface area contributed by atoms with E-state index in [9.17, 15) is 9.18 Å². The maximum Gasteiger partial charge on any atom is 0.494 e. The number of ether oxygens (including phenoxy) is 1. The molecule has 1 fully saturated rings. The lowest BCUT2D eigenvalue weighted by Gasteiger charge is -2.32. The number of hydrogen-bond acceptors (Lipinski definition) is 4. The predicted octanol–water partition coefficient (Wildman–Crippen LogP) is 3.48. The van der Waals surface area contributed by atoms with Crippen LogP contribution in [-0.4, -0.2) is 24.3 Å². The molecule has 0 bridgehead atoms. The highest BCUT2D eigenvalue weighted by atomic mass is 19.1. The van der Waals surface area contributed by atoms with E-state index in [1.54, 1.807) is 6.07 Å². The van der Waals surface area contributed by atoms with Gasteiger partial charge in [0.05, 0.1) is 16.8 Å². The summed E-state index contributed by atoms with van der Waals surface area (Å²) in [6.07, 6.45) is 0. The molecule has 0 unspecified atom stereocenters. The number of carbonyl (C=O) groups is 1. The van der Waals surface area contributed by atoms with Crippen LogP contribution in [0.2, 0.25) is 0 Å². The van der Waals surface area contributed by atoms with E-state index in [1.165, 1.54) is 12.1 Å². The Morgan fingerprint density at radius 3 is 2.23 bits per heavy atom. The molecular formula is C20H22BFO4. The van der Waals surface area contributed by atoms with Crippen LogP contribution in [0.3, 0.4) is 0 Å². The van der Waals surface area contributed by atoms with Gasteiger partial charge in [-0.3, -0.25) is 0 Å². The fraction of sp³-hybridized carbons (Fsp3) is 0.350. The molecule has 0 aromatic heterocycles. The van der Waals surface area contributed by atoms with Crippen LogP contribution in [0.1, 0.15) is 43.6 Å². The van der Waals surface area contributed by atoms with Crippen molar-refractivity contribution in [1.82, 2.24) is 0 Å². The van der Waals surface area contributed by atoms with Crippen molar-refractivity contribution >= 4 is 18.6 Å². The van der Waals surface area contributed by atoms with Gasteiger partial charge in [0.1, 0.15) is 12.4 Å². The second kappa shape index (κ2) is 6.85. The zero-order valence-electron chi connectivity index (χ0n) is 15.4. The van der Waals surface area contributed by atoms with Crippen LogP contribution in [0.4, 0.5) is 4.39 Å². The summed E-state index contributed by atoms with van der Waals surface area (Å²) in [5.74, 6) is -1.36. The standard InChI is InChI=1S/C20H22BFO4/c1-19(2)20(3,4)26-21(25-19)15-10-11-16(17(22)12-15)18(23)24-13-14-8-6-5-7-9-14/h5-12H,13H2,1-4H3. The van der Waals surface area contributed by atoms with E-state index < -0.39 is 30.1 Å². The lowest BCUT2D eigenvalue weighted by molar-refractivity contribution is 0.00578. The van der Waals surface area contributed by atoms with Crippen LogP contribution in [0.15, 0.2) is 48.5 Å². The lowest BCUT2D eigenvalue weighted by atomic mass is 9.78. The molecule has 1 heterocycles. The fourth-order valence-corrected chi connectivity index (χ4v) is 2.62. The van der Waals surface area contributed by atoms with E-state index in [0.29, 0.717) is 5.46 Å². The number of rotatable bonds is 4. The first-order chi connectivity index (χ1) is 12.2. The zero-order chi connectivity index (χ0) is 18.9. The summed E-state index contributed by atoms with van der Waals surface area (Å²) < 4.78 is 31.4. The molecule has 2 aromatic carbocycles. The second-order valence-corrected chi connectivity index (χ2v) is 7.39. The Kier molecular flexibility index (Phi) is 4.91. The third kappa shape index (κ3) is 3.66. The molecule has 0 N–H and O–H groups in total. The smallest absolute Gasteiger partial charge is 0.457 e. The molecule has 0 spiro atoms. The van der Waals surface area contributed by atoms with Gasteiger partial charge in [0.25, 0.3) is 0 Å². The quantitative estimate of drug-likeness (QED) is 0.622. The van der Waals surface area contributed by atoms with Crippen molar-refractivity contribution in [3.05, 3.63) is 65.5 Å². The van der Waals surface area contributed by atoms with Gasteiger partial charge in [-0.1, -0.05) is 36.4 Å². The molecule has 0 atom stereocenters. The first-order valence-electron chi connectivity index (χ1n) is 8.56. The van der Waals surface area contributed by atoms with E-state index in [0.717, 1.165) is 5.56 Å². The second-order valence-electron chi connectivity index (χ2n) is 7.39. The molecule has 1 aliphatic rings. The third-order valence-electron chi connectivity index (χ3n) is 4.95. The Hall–Kier alpha value is -2.18. The maximum atomic E-state index is 14.5. The maximum absolute atomic E-state index is 14.5. The van der Waals surface area contributed by atoms with Gasteiger partial charge in [-0.2, -0.15) is 0 Å². The van der Waals surface area contributed by atoms with Crippen molar-refractivity contribution in [2.24, 2.45) is 0 Å². The average Bonchev–Trinajstić information content (AvgIpc) is 2.81. The van der Waals surface area contributed by atoms with E-state index in [2.05, 4.69) is 0 Å². The highest BCUT2D eigenvalue weighted by Gasteiger charge is 2.51. The summed E-state index contributed by atoms with van der Waals surface area (Å²) in [5.41, 5.74) is 0.236. The van der Waals surface area contributed by atoms with Gasteiger partial charge in [-0.15, -0.1) is 0 Å². The normalized spacial score (nSPS) is 18.0. The summed E-state index contributed by atoms with van der Waals surface area (Å²) in [5, 5.41) is 0. The predicted molar refractivity (Wildman–Crippen MR) is 97.7 cm³/mol. The Morgan fingerprint density at radius 2 is 1.65 bits per heavy atom. The van der Waals surface area contributed by atoms with Crippen molar-refractivity contribution in [2.45, 2.75) is 45.5 Å². The van der Waals surface area contributed by atoms with Gasteiger partial charge in [-0.25, -0.2) is 9.18 Å². The van der Waals surface area contributed by atoms with Gasteiger partial charge >= 0.3 is 13.1 Å². The van der Waals surface area contributed by atoms with Gasteiger partial charge in [0.2, 0.25) is 0 Å². The van der Waals surface area contributed by atoms with E-state index in [-0.39, 0.29) is 12.2 Å². The largest absolute Gasteiger partial charge is 0.494 e. The Labute approximate surface area is 153 Å². The monoisotopic (exact) mass is 356 g/mol. The fourth-order valence-electron chi connectivity index (χ4n) is 2.62. The molecule has 1 aliphatic heterocycles. The van der Waals surface area contributed by atoms with Crippen LogP contribution in [0.5, 0.6) is 0 Å². The van der Waals surface area contributed by atoms with Crippen LogP contribution in [0, 0.1) is 5.82 Å². The van der Waals surface area contributed by atoms with Crippen LogP contribution < -0.4 is 5.46 Å². The van der Waals surface area contributed by atoms with Crippen molar-refractivity contribution in [3.63, 3.8) is 0 Å². The van der Waals surface area contributed by atoms with Crippen molar-refractivity contribution in [1.29, 1.82) is 0 Å². The van der Waals surface area contributed by atoms with Crippen molar-refractivity contribution in [2.75, 3.05) is 0 Å². The number of halogens is 1. The minimum atomic E-state index is -0.702. The zero-order valence-corrected chi connectivity index (χ0v) is 15.4. The van der Waals surface area contributed by atoms with E-state index >= 15 is 0 Å². The van der Waals surface area contributed by atoms with Crippen molar-refractivity contribution in [3.8, 4) is 0 Å². The Bertz CT molecular complexity index is 789. The van der Waals surface area contributed by atoms with Gasteiger partial charge in [0.15, 0.2) is 0 Å².